The molecule has 1 aliphatic heterocycles. The fourth-order valence-electron chi connectivity index (χ4n) is 3.72. The summed E-state index contributed by atoms with van der Waals surface area (Å²) in [6.45, 7) is 2.79. The second-order valence-electron chi connectivity index (χ2n) is 6.08. The van der Waals surface area contributed by atoms with Gasteiger partial charge >= 0.3 is 0 Å². The fourth-order valence-corrected chi connectivity index (χ4v) is 3.72. The van der Waals surface area contributed by atoms with Gasteiger partial charge in [0.25, 0.3) is 0 Å². The highest BCUT2D eigenvalue weighted by atomic mass is 16.1. The normalized spacial score (nSPS) is 29.9. The number of carbonyl (C=O) groups excluding carboxylic acids is 1. The van der Waals surface area contributed by atoms with Crippen LogP contribution < -0.4 is 5.32 Å². The number of piperidine rings is 1. The van der Waals surface area contributed by atoms with Gasteiger partial charge in [0.15, 0.2) is 5.78 Å². The topological polar surface area (TPSA) is 59.8 Å². The van der Waals surface area contributed by atoms with Gasteiger partial charge in [-0.3, -0.25) is 4.79 Å². The number of ketones is 1. The van der Waals surface area contributed by atoms with Gasteiger partial charge in [0.2, 0.25) is 0 Å². The Bertz CT molecular complexity index is 470. The molecule has 5 nitrogen and oxygen atoms in total. The van der Waals surface area contributed by atoms with Crippen molar-refractivity contribution in [1.29, 1.82) is 0 Å². The van der Waals surface area contributed by atoms with Crippen molar-refractivity contribution in [1.82, 2.24) is 20.1 Å². The number of fused-ring (bicyclic) bond motifs is 1. The summed E-state index contributed by atoms with van der Waals surface area (Å²) in [4.78, 5) is 16.7. The average molecular weight is 276 g/mol. The van der Waals surface area contributed by atoms with Crippen molar-refractivity contribution in [3.63, 3.8) is 0 Å². The van der Waals surface area contributed by atoms with E-state index in [-0.39, 0.29) is 11.8 Å². The third-order valence-electron chi connectivity index (χ3n) is 4.87. The number of aromatic nitrogens is 3. The molecule has 1 N–H and O–H groups in total. The van der Waals surface area contributed by atoms with Gasteiger partial charge < -0.3 is 5.32 Å². The zero-order valence-electron chi connectivity index (χ0n) is 12.2. The lowest BCUT2D eigenvalue weighted by atomic mass is 9.77. The average Bonchev–Trinajstić information content (AvgIpc) is 2.94. The van der Waals surface area contributed by atoms with Crippen molar-refractivity contribution in [2.75, 3.05) is 0 Å². The van der Waals surface area contributed by atoms with Crippen LogP contribution in [-0.2, 0) is 17.8 Å². The monoisotopic (exact) mass is 276 g/mol. The second kappa shape index (κ2) is 6.04. The molecule has 3 unspecified atom stereocenters. The number of Topliss-reactive ketones (excluding diaryl/α,β-unsaturated/α-hetero) is 1. The molecule has 2 fully saturated rings. The van der Waals surface area contributed by atoms with Crippen molar-refractivity contribution in [2.24, 2.45) is 5.92 Å². The van der Waals surface area contributed by atoms with Crippen LogP contribution in [0, 0.1) is 5.92 Å². The van der Waals surface area contributed by atoms with E-state index in [2.05, 4.69) is 15.4 Å². The van der Waals surface area contributed by atoms with E-state index in [4.69, 9.17) is 0 Å². The van der Waals surface area contributed by atoms with E-state index in [1.54, 1.807) is 0 Å². The molecule has 110 valence electrons. The van der Waals surface area contributed by atoms with Gasteiger partial charge in [-0.2, -0.15) is 5.10 Å². The van der Waals surface area contributed by atoms with Gasteiger partial charge in [-0.25, -0.2) is 9.67 Å². The van der Waals surface area contributed by atoms with E-state index in [0.29, 0.717) is 12.5 Å². The summed E-state index contributed by atoms with van der Waals surface area (Å²) in [5.41, 5.74) is 0. The van der Waals surface area contributed by atoms with E-state index in [1.165, 1.54) is 38.4 Å². The molecule has 1 aromatic rings. The van der Waals surface area contributed by atoms with E-state index >= 15 is 0 Å². The van der Waals surface area contributed by atoms with Crippen molar-refractivity contribution in [3.8, 4) is 0 Å². The molecule has 2 aliphatic rings. The van der Waals surface area contributed by atoms with Crippen molar-refractivity contribution in [2.45, 2.75) is 70.5 Å². The Balaban J connectivity index is 1.60. The molecule has 0 amide bonds. The smallest absolute Gasteiger partial charge is 0.157 e. The SMILES string of the molecule is CCn1ncnc1CC(=O)C1CCC2CCCCC2N1. The number of nitrogens with one attached hydrogen (secondary N) is 1. The Labute approximate surface area is 120 Å². The molecule has 2 heterocycles. The van der Waals surface area contributed by atoms with E-state index < -0.39 is 0 Å². The standard InChI is InChI=1S/C15H24N4O/c1-2-19-15(16-10-17-19)9-14(20)13-8-7-11-5-3-4-6-12(11)18-13/h10-13,18H,2-9H2,1H3. The lowest BCUT2D eigenvalue weighted by Crippen LogP contribution is -2.52. The number of hydrogen-bond acceptors (Lipinski definition) is 4. The number of rotatable bonds is 4. The van der Waals surface area contributed by atoms with Crippen LogP contribution in [0.4, 0.5) is 0 Å². The first-order valence-electron chi connectivity index (χ1n) is 7.93. The third kappa shape index (κ3) is 2.77. The molecule has 1 aliphatic carbocycles. The van der Waals surface area contributed by atoms with Crippen LogP contribution in [0.2, 0.25) is 0 Å². The van der Waals surface area contributed by atoms with Crippen LogP contribution >= 0.6 is 0 Å². The lowest BCUT2D eigenvalue weighted by molar-refractivity contribution is -0.121. The minimum absolute atomic E-state index is 0.0244. The molecule has 0 bridgehead atoms. The zero-order valence-corrected chi connectivity index (χ0v) is 12.2. The van der Waals surface area contributed by atoms with Crippen LogP contribution in [0.25, 0.3) is 0 Å². The van der Waals surface area contributed by atoms with Gasteiger partial charge in [-0.15, -0.1) is 0 Å². The molecule has 0 aromatic carbocycles. The minimum atomic E-state index is 0.0244. The van der Waals surface area contributed by atoms with Crippen molar-refractivity contribution < 1.29 is 4.79 Å². The van der Waals surface area contributed by atoms with Crippen LogP contribution in [0.15, 0.2) is 6.33 Å². The van der Waals surface area contributed by atoms with Crippen molar-refractivity contribution in [3.05, 3.63) is 12.2 Å². The van der Waals surface area contributed by atoms with Crippen molar-refractivity contribution >= 4 is 5.78 Å². The molecule has 3 rings (SSSR count). The number of aryl methyl sites for hydroxylation is 1. The Morgan fingerprint density at radius 3 is 3.05 bits per heavy atom. The van der Waals surface area contributed by atoms with Crippen LogP contribution in [-0.4, -0.2) is 32.6 Å². The third-order valence-corrected chi connectivity index (χ3v) is 4.87. The molecule has 3 atom stereocenters. The van der Waals surface area contributed by atoms with Gasteiger partial charge in [-0.1, -0.05) is 12.8 Å². The predicted molar refractivity (Wildman–Crippen MR) is 76.3 cm³/mol. The number of hydrogen-bond donors (Lipinski definition) is 1. The first-order valence-corrected chi connectivity index (χ1v) is 7.93. The molecular weight excluding hydrogens is 252 g/mol. The summed E-state index contributed by atoms with van der Waals surface area (Å²) < 4.78 is 1.81. The number of nitrogens with zero attached hydrogens (tertiary/aromatic N) is 3. The lowest BCUT2D eigenvalue weighted by Gasteiger charge is -2.40. The van der Waals surface area contributed by atoms with E-state index in [1.807, 2.05) is 11.6 Å². The quantitative estimate of drug-likeness (QED) is 0.909. The maximum absolute atomic E-state index is 12.5. The Morgan fingerprint density at radius 2 is 2.20 bits per heavy atom. The summed E-state index contributed by atoms with van der Waals surface area (Å²) in [5.74, 6) is 1.87. The fraction of sp³-hybridized carbons (Fsp3) is 0.800. The van der Waals surface area contributed by atoms with Gasteiger partial charge in [0.05, 0.1) is 12.5 Å². The highest BCUT2D eigenvalue weighted by Crippen LogP contribution is 2.32. The second-order valence-corrected chi connectivity index (χ2v) is 6.08. The molecule has 1 saturated carbocycles. The first-order chi connectivity index (χ1) is 9.78. The van der Waals surface area contributed by atoms with E-state index in [9.17, 15) is 4.79 Å². The van der Waals surface area contributed by atoms with Crippen LogP contribution in [0.3, 0.4) is 0 Å². The Hall–Kier alpha value is -1.23. The summed E-state index contributed by atoms with van der Waals surface area (Å²) in [6, 6.07) is 0.590. The summed E-state index contributed by atoms with van der Waals surface area (Å²) in [5, 5.41) is 7.73. The predicted octanol–water partition coefficient (Wildman–Crippen LogP) is 1.72. The molecular formula is C15H24N4O. The van der Waals surface area contributed by atoms with Gasteiger partial charge in [0, 0.05) is 12.6 Å². The maximum Gasteiger partial charge on any atom is 0.157 e. The van der Waals surface area contributed by atoms with Crippen LogP contribution in [0.5, 0.6) is 0 Å². The Morgan fingerprint density at radius 1 is 1.35 bits per heavy atom. The summed E-state index contributed by atoms with van der Waals surface area (Å²) in [6.07, 6.45) is 9.37. The summed E-state index contributed by atoms with van der Waals surface area (Å²) >= 11 is 0. The largest absolute Gasteiger partial charge is 0.304 e. The molecule has 0 spiro atoms. The van der Waals surface area contributed by atoms with Crippen LogP contribution in [0.1, 0.15) is 51.3 Å². The molecule has 1 saturated heterocycles. The highest BCUT2D eigenvalue weighted by molar-refractivity contribution is 5.85. The number of carbonyl (C=O) groups is 1. The first kappa shape index (κ1) is 13.7. The zero-order chi connectivity index (χ0) is 13.9. The van der Waals surface area contributed by atoms with Gasteiger partial charge in [-0.05, 0) is 38.5 Å². The van der Waals surface area contributed by atoms with Gasteiger partial charge in [0.1, 0.15) is 12.2 Å². The molecule has 5 heteroatoms. The highest BCUT2D eigenvalue weighted by Gasteiger charge is 2.34. The Kier molecular flexibility index (Phi) is 4.15. The maximum atomic E-state index is 12.5. The minimum Gasteiger partial charge on any atom is -0.304 e. The summed E-state index contributed by atoms with van der Waals surface area (Å²) in [7, 11) is 0. The molecule has 1 aromatic heterocycles. The molecule has 0 radical (unpaired) electrons. The van der Waals surface area contributed by atoms with E-state index in [0.717, 1.165) is 24.7 Å². The molecule has 20 heavy (non-hydrogen) atoms.